The summed E-state index contributed by atoms with van der Waals surface area (Å²) in [6.45, 7) is 1.48. The van der Waals surface area contributed by atoms with E-state index in [-0.39, 0.29) is 23.6 Å². The van der Waals surface area contributed by atoms with Crippen molar-refractivity contribution in [2.24, 2.45) is 5.73 Å². The summed E-state index contributed by atoms with van der Waals surface area (Å²) in [4.78, 5) is 15.1. The van der Waals surface area contributed by atoms with Gasteiger partial charge in [-0.05, 0) is 43.3 Å². The third-order valence-corrected chi connectivity index (χ3v) is 6.43. The highest BCUT2D eigenvalue weighted by Gasteiger charge is 2.28. The number of nitrogen functional groups attached to an aromatic ring is 1. The normalized spacial score (nSPS) is 12.1. The van der Waals surface area contributed by atoms with Gasteiger partial charge in [0.15, 0.2) is 5.78 Å². The van der Waals surface area contributed by atoms with E-state index in [4.69, 9.17) is 11.1 Å². The van der Waals surface area contributed by atoms with Crippen LogP contribution in [0.1, 0.15) is 39.6 Å². The third kappa shape index (κ3) is 6.34. The topological polar surface area (TPSA) is 91.0 Å². The number of amidine groups is 1. The molecule has 0 radical (unpaired) electrons. The maximum absolute atomic E-state index is 13.1. The molecule has 2 aromatic carbocycles. The van der Waals surface area contributed by atoms with Crippen molar-refractivity contribution in [2.45, 2.75) is 31.3 Å². The van der Waals surface area contributed by atoms with E-state index < -0.39 is 0 Å². The minimum Gasteiger partial charge on any atom is -0.383 e. The van der Waals surface area contributed by atoms with Crippen LogP contribution < -0.4 is 16.4 Å². The fraction of sp³-hybridized carbons (Fsp3) is 0.280. The molecule has 5 nitrogen and oxygen atoms in total. The molecule has 0 saturated heterocycles. The lowest BCUT2D eigenvalue weighted by Gasteiger charge is -2.27. The number of carbonyl (C=O) groups excluding carboxylic acids is 1. The Kier molecular flexibility index (Phi) is 8.53. The Bertz CT molecular complexity index is 932. The number of carbonyl (C=O) groups is 1. The third-order valence-electron chi connectivity index (χ3n) is 5.31. The van der Waals surface area contributed by atoms with Crippen LogP contribution in [0.4, 0.5) is 0 Å². The first kappa shape index (κ1) is 22.9. The summed E-state index contributed by atoms with van der Waals surface area (Å²) in [6, 6.07) is 24.0. The van der Waals surface area contributed by atoms with E-state index in [1.807, 2.05) is 55.6 Å². The van der Waals surface area contributed by atoms with Gasteiger partial charge in [-0.1, -0.05) is 60.7 Å². The van der Waals surface area contributed by atoms with Crippen molar-refractivity contribution >= 4 is 23.0 Å². The van der Waals surface area contributed by atoms with Crippen molar-refractivity contribution in [2.75, 3.05) is 13.6 Å². The average molecular weight is 435 g/mol. The number of likely N-dealkylation sites (N-methyl/N-ethyl adjacent to an activating group) is 1. The van der Waals surface area contributed by atoms with E-state index in [0.29, 0.717) is 6.42 Å². The van der Waals surface area contributed by atoms with Crippen LogP contribution >= 0.6 is 11.3 Å². The van der Waals surface area contributed by atoms with E-state index in [0.717, 1.165) is 40.4 Å². The highest BCUT2D eigenvalue weighted by molar-refractivity contribution is 7.14. The van der Waals surface area contributed by atoms with Gasteiger partial charge in [0.1, 0.15) is 5.84 Å². The zero-order valence-electron chi connectivity index (χ0n) is 17.8. The van der Waals surface area contributed by atoms with E-state index in [2.05, 4.69) is 34.9 Å². The molecule has 0 spiro atoms. The Balaban J connectivity index is 1.58. The Morgan fingerprint density at radius 2 is 1.61 bits per heavy atom. The molecule has 0 amide bonds. The van der Waals surface area contributed by atoms with Crippen LogP contribution in [0.5, 0.6) is 0 Å². The van der Waals surface area contributed by atoms with Gasteiger partial charge in [-0.25, -0.2) is 0 Å². The van der Waals surface area contributed by atoms with Gasteiger partial charge in [0.2, 0.25) is 0 Å². The van der Waals surface area contributed by atoms with Crippen LogP contribution in [0.25, 0.3) is 0 Å². The van der Waals surface area contributed by atoms with Crippen molar-refractivity contribution in [3.05, 3.63) is 93.7 Å². The summed E-state index contributed by atoms with van der Waals surface area (Å²) in [5, 5.41) is 14.1. The number of thiophene rings is 1. The molecule has 0 aliphatic heterocycles. The molecule has 6 heteroatoms. The van der Waals surface area contributed by atoms with E-state index >= 15 is 0 Å². The predicted octanol–water partition coefficient (Wildman–Crippen LogP) is 3.89. The molecule has 1 heterocycles. The second-order valence-electron chi connectivity index (χ2n) is 7.49. The standard InChI is InChI=1S/C25H30N4OS/c1-28-24(23(18-9-4-2-5-10-18)19-11-6-3-7-12-19)21(30)13-8-16-29-17-20-14-15-22(31-20)25(26)27/h2-7,9-12,14-15,23-24,28-29H,8,13,16-17H2,1H3,(H3,26,27)/t24-/m0/s1. The molecule has 1 atom stereocenters. The molecule has 0 saturated carbocycles. The van der Waals surface area contributed by atoms with Crippen LogP contribution in [0.3, 0.4) is 0 Å². The smallest absolute Gasteiger partial charge is 0.150 e. The van der Waals surface area contributed by atoms with Gasteiger partial charge in [-0.15, -0.1) is 11.3 Å². The summed E-state index contributed by atoms with van der Waals surface area (Å²) in [6.07, 6.45) is 1.29. The molecule has 3 aromatic rings. The summed E-state index contributed by atoms with van der Waals surface area (Å²) in [7, 11) is 1.86. The van der Waals surface area contributed by atoms with Crippen molar-refractivity contribution in [1.29, 1.82) is 5.41 Å². The van der Waals surface area contributed by atoms with Gasteiger partial charge in [0.05, 0.1) is 10.9 Å². The van der Waals surface area contributed by atoms with Crippen LogP contribution in [-0.2, 0) is 11.3 Å². The number of hydrogen-bond donors (Lipinski definition) is 4. The van der Waals surface area contributed by atoms with Gasteiger partial charge in [0, 0.05) is 23.8 Å². The number of nitrogens with two attached hydrogens (primary N) is 1. The molecule has 0 unspecified atom stereocenters. The van der Waals surface area contributed by atoms with E-state index in [9.17, 15) is 4.79 Å². The molecule has 0 aliphatic carbocycles. The lowest BCUT2D eigenvalue weighted by atomic mass is 9.82. The monoisotopic (exact) mass is 434 g/mol. The van der Waals surface area contributed by atoms with Crippen molar-refractivity contribution in [3.63, 3.8) is 0 Å². The molecule has 3 rings (SSSR count). The molecular weight excluding hydrogens is 404 g/mol. The fourth-order valence-corrected chi connectivity index (χ4v) is 4.62. The van der Waals surface area contributed by atoms with E-state index in [1.165, 1.54) is 11.3 Å². The highest BCUT2D eigenvalue weighted by Crippen LogP contribution is 2.29. The molecule has 5 N–H and O–H groups in total. The average Bonchev–Trinajstić information content (AvgIpc) is 3.27. The van der Waals surface area contributed by atoms with Crippen molar-refractivity contribution < 1.29 is 4.79 Å². The molecule has 0 bridgehead atoms. The second kappa shape index (κ2) is 11.6. The first-order valence-electron chi connectivity index (χ1n) is 10.5. The Labute approximate surface area is 188 Å². The van der Waals surface area contributed by atoms with Crippen molar-refractivity contribution in [1.82, 2.24) is 10.6 Å². The Morgan fingerprint density at radius 3 is 2.13 bits per heavy atom. The summed E-state index contributed by atoms with van der Waals surface area (Å²) >= 11 is 1.52. The lowest BCUT2D eigenvalue weighted by molar-refractivity contribution is -0.121. The van der Waals surface area contributed by atoms with Crippen LogP contribution in [0.15, 0.2) is 72.8 Å². The zero-order valence-corrected chi connectivity index (χ0v) is 18.6. The molecule has 31 heavy (non-hydrogen) atoms. The lowest BCUT2D eigenvalue weighted by Crippen LogP contribution is -2.40. The maximum atomic E-state index is 13.1. The predicted molar refractivity (Wildman–Crippen MR) is 129 cm³/mol. The highest BCUT2D eigenvalue weighted by atomic mass is 32.1. The SMILES string of the molecule is CN[C@@H](C(=O)CCCNCc1ccc(C(=N)N)s1)C(c1ccccc1)c1ccccc1. The van der Waals surface area contributed by atoms with Gasteiger partial charge in [-0.2, -0.15) is 0 Å². The number of rotatable bonds is 12. The molecular formula is C25H30N4OS. The molecule has 1 aromatic heterocycles. The van der Waals surface area contributed by atoms with Gasteiger partial charge >= 0.3 is 0 Å². The Hall–Kier alpha value is -2.80. The minimum absolute atomic E-state index is 0.0241. The Morgan fingerprint density at radius 1 is 1.00 bits per heavy atom. The summed E-state index contributed by atoms with van der Waals surface area (Å²) in [5.41, 5.74) is 7.79. The molecule has 0 aliphatic rings. The molecule has 162 valence electrons. The first-order valence-corrected chi connectivity index (χ1v) is 11.4. The molecule has 0 fully saturated rings. The van der Waals surface area contributed by atoms with Crippen LogP contribution in [-0.4, -0.2) is 31.3 Å². The minimum atomic E-state index is -0.278. The van der Waals surface area contributed by atoms with Gasteiger partial charge in [0.25, 0.3) is 0 Å². The fourth-order valence-electron chi connectivity index (χ4n) is 3.78. The number of Topliss-reactive ketones (excluding diaryl/α,β-unsaturated/α-hetero) is 1. The number of ketones is 1. The van der Waals surface area contributed by atoms with Crippen LogP contribution in [0.2, 0.25) is 0 Å². The quantitative estimate of drug-likeness (QED) is 0.198. The second-order valence-corrected chi connectivity index (χ2v) is 8.66. The van der Waals surface area contributed by atoms with E-state index in [1.54, 1.807) is 0 Å². The number of nitrogens with one attached hydrogen (secondary N) is 3. The summed E-state index contributed by atoms with van der Waals surface area (Å²) in [5.74, 6) is 0.298. The summed E-state index contributed by atoms with van der Waals surface area (Å²) < 4.78 is 0. The van der Waals surface area contributed by atoms with Gasteiger partial charge < -0.3 is 16.4 Å². The van der Waals surface area contributed by atoms with Crippen LogP contribution in [0, 0.1) is 5.41 Å². The largest absolute Gasteiger partial charge is 0.383 e. The zero-order chi connectivity index (χ0) is 22.1. The number of benzene rings is 2. The maximum Gasteiger partial charge on any atom is 0.150 e. The van der Waals surface area contributed by atoms with Crippen molar-refractivity contribution in [3.8, 4) is 0 Å². The first-order chi connectivity index (χ1) is 15.1. The van der Waals surface area contributed by atoms with Gasteiger partial charge in [-0.3, -0.25) is 10.2 Å². The number of hydrogen-bond acceptors (Lipinski definition) is 5.